The van der Waals surface area contributed by atoms with E-state index in [4.69, 9.17) is 4.74 Å². The molecule has 2 aromatic rings. The van der Waals surface area contributed by atoms with E-state index in [1.54, 1.807) is 6.07 Å². The van der Waals surface area contributed by atoms with Crippen molar-refractivity contribution < 1.29 is 13.5 Å². The molecular formula is C15H19F2N3O. The molecule has 1 aromatic carbocycles. The lowest BCUT2D eigenvalue weighted by molar-refractivity contribution is 0.0632. The zero-order valence-electron chi connectivity index (χ0n) is 12.1. The van der Waals surface area contributed by atoms with Crippen LogP contribution in [-0.2, 0) is 13.2 Å². The summed E-state index contributed by atoms with van der Waals surface area (Å²) >= 11 is 0. The molecule has 1 heterocycles. The van der Waals surface area contributed by atoms with Crippen LogP contribution in [0.25, 0.3) is 0 Å². The maximum Gasteiger partial charge on any atom is 0.320 e. The van der Waals surface area contributed by atoms with E-state index in [-0.39, 0.29) is 12.4 Å². The van der Waals surface area contributed by atoms with Crippen molar-refractivity contribution in [3.63, 3.8) is 0 Å². The monoisotopic (exact) mass is 295 g/mol. The number of hydrogen-bond donors (Lipinski definition) is 1. The fourth-order valence-corrected chi connectivity index (χ4v) is 1.85. The van der Waals surface area contributed by atoms with Crippen LogP contribution in [-0.4, -0.2) is 15.6 Å². The lowest BCUT2D eigenvalue weighted by Gasteiger charge is -2.11. The van der Waals surface area contributed by atoms with E-state index < -0.39 is 6.55 Å². The van der Waals surface area contributed by atoms with Crippen molar-refractivity contribution in [3.05, 3.63) is 48.0 Å². The molecule has 0 saturated carbocycles. The molecule has 2 rings (SSSR count). The summed E-state index contributed by atoms with van der Waals surface area (Å²) in [5.74, 6) is 0.845. The largest absolute Gasteiger partial charge is 0.486 e. The van der Waals surface area contributed by atoms with Crippen molar-refractivity contribution in [1.82, 2.24) is 14.9 Å². The molecular weight excluding hydrogens is 276 g/mol. The third-order valence-electron chi connectivity index (χ3n) is 2.94. The molecule has 0 aliphatic rings. The quantitative estimate of drug-likeness (QED) is 0.851. The molecule has 0 atom stereocenters. The highest BCUT2D eigenvalue weighted by Gasteiger charge is 2.11. The number of ether oxygens (including phenoxy) is 1. The summed E-state index contributed by atoms with van der Waals surface area (Å²) in [6.07, 6.45) is 2.58. The highest BCUT2D eigenvalue weighted by Crippen LogP contribution is 2.17. The number of benzene rings is 1. The summed E-state index contributed by atoms with van der Waals surface area (Å²) in [6, 6.07) is 7.96. The van der Waals surface area contributed by atoms with Crippen molar-refractivity contribution in [2.75, 3.05) is 0 Å². The highest BCUT2D eigenvalue weighted by atomic mass is 19.3. The summed E-state index contributed by atoms with van der Waals surface area (Å²) in [4.78, 5) is 3.88. The minimum absolute atomic E-state index is 0.0123. The van der Waals surface area contributed by atoms with Gasteiger partial charge < -0.3 is 10.1 Å². The Bertz CT molecular complexity index is 570. The van der Waals surface area contributed by atoms with E-state index >= 15 is 0 Å². The Hall–Kier alpha value is -1.95. The molecule has 0 amide bonds. The molecule has 0 spiro atoms. The Labute approximate surface area is 122 Å². The van der Waals surface area contributed by atoms with E-state index in [1.807, 2.05) is 18.2 Å². The van der Waals surface area contributed by atoms with E-state index in [9.17, 15) is 8.78 Å². The Balaban J connectivity index is 1.96. The zero-order valence-corrected chi connectivity index (χ0v) is 12.1. The number of alkyl halides is 2. The number of rotatable bonds is 7. The number of aromatic nitrogens is 2. The van der Waals surface area contributed by atoms with Crippen LogP contribution >= 0.6 is 0 Å². The zero-order chi connectivity index (χ0) is 15.2. The van der Waals surface area contributed by atoms with Crippen LogP contribution < -0.4 is 10.1 Å². The van der Waals surface area contributed by atoms with Crippen molar-refractivity contribution in [3.8, 4) is 5.75 Å². The molecule has 0 bridgehead atoms. The van der Waals surface area contributed by atoms with E-state index in [0.717, 1.165) is 16.7 Å². The van der Waals surface area contributed by atoms with Crippen LogP contribution in [0.3, 0.4) is 0 Å². The van der Waals surface area contributed by atoms with E-state index in [0.29, 0.717) is 11.8 Å². The van der Waals surface area contributed by atoms with Crippen molar-refractivity contribution >= 4 is 0 Å². The Morgan fingerprint density at radius 3 is 2.86 bits per heavy atom. The summed E-state index contributed by atoms with van der Waals surface area (Å²) in [5.41, 5.74) is 1.08. The minimum atomic E-state index is -2.60. The van der Waals surface area contributed by atoms with Crippen LogP contribution in [0.15, 0.2) is 36.7 Å². The van der Waals surface area contributed by atoms with Gasteiger partial charge in [-0.25, -0.2) is 4.98 Å². The second-order valence-electron chi connectivity index (χ2n) is 5.00. The topological polar surface area (TPSA) is 39.1 Å². The van der Waals surface area contributed by atoms with Gasteiger partial charge in [-0.3, -0.25) is 4.57 Å². The molecule has 0 fully saturated rings. The van der Waals surface area contributed by atoms with Crippen molar-refractivity contribution in [1.29, 1.82) is 0 Å². The lowest BCUT2D eigenvalue weighted by atomic mass is 10.2. The van der Waals surface area contributed by atoms with E-state index in [1.165, 1.54) is 12.4 Å². The fourth-order valence-electron chi connectivity index (χ4n) is 1.85. The molecule has 0 unspecified atom stereocenters. The maximum absolute atomic E-state index is 12.7. The number of imidazole rings is 1. The van der Waals surface area contributed by atoms with Crippen molar-refractivity contribution in [2.24, 2.45) is 0 Å². The van der Waals surface area contributed by atoms with Gasteiger partial charge in [-0.15, -0.1) is 0 Å². The summed E-state index contributed by atoms with van der Waals surface area (Å²) in [7, 11) is 0. The molecule has 1 N–H and O–H groups in total. The molecule has 114 valence electrons. The first-order valence-corrected chi connectivity index (χ1v) is 6.81. The van der Waals surface area contributed by atoms with Crippen LogP contribution in [0.2, 0.25) is 0 Å². The predicted molar refractivity (Wildman–Crippen MR) is 76.2 cm³/mol. The van der Waals surface area contributed by atoms with Crippen LogP contribution in [0.1, 0.15) is 31.8 Å². The molecule has 0 aliphatic heterocycles. The Morgan fingerprint density at radius 1 is 1.33 bits per heavy atom. The van der Waals surface area contributed by atoms with Gasteiger partial charge in [0.1, 0.15) is 12.4 Å². The van der Waals surface area contributed by atoms with Gasteiger partial charge in [0.25, 0.3) is 0 Å². The van der Waals surface area contributed by atoms with Gasteiger partial charge in [0.05, 0.1) is 0 Å². The van der Waals surface area contributed by atoms with Gasteiger partial charge in [-0.1, -0.05) is 26.0 Å². The maximum atomic E-state index is 12.7. The second-order valence-corrected chi connectivity index (χ2v) is 5.00. The molecule has 4 nitrogen and oxygen atoms in total. The van der Waals surface area contributed by atoms with Gasteiger partial charge in [0.15, 0.2) is 5.82 Å². The number of halogens is 2. The van der Waals surface area contributed by atoms with Crippen LogP contribution in [0, 0.1) is 0 Å². The summed E-state index contributed by atoms with van der Waals surface area (Å²) in [6.45, 7) is 2.29. The molecule has 21 heavy (non-hydrogen) atoms. The molecule has 0 aliphatic carbocycles. The molecule has 1 aromatic heterocycles. The smallest absolute Gasteiger partial charge is 0.320 e. The SMILES string of the molecule is CC(C)NCc1cccc(OCc2nccn2C(F)F)c1. The van der Waals surface area contributed by atoms with Crippen molar-refractivity contribution in [2.45, 2.75) is 39.6 Å². The van der Waals surface area contributed by atoms with Gasteiger partial charge in [-0.05, 0) is 17.7 Å². The minimum Gasteiger partial charge on any atom is -0.486 e. The average Bonchev–Trinajstić information content (AvgIpc) is 2.92. The van der Waals surface area contributed by atoms with Gasteiger partial charge in [0.2, 0.25) is 0 Å². The Kier molecular flexibility index (Phi) is 5.27. The third-order valence-corrected chi connectivity index (χ3v) is 2.94. The first-order chi connectivity index (χ1) is 10.1. The normalized spacial score (nSPS) is 11.3. The second kappa shape index (κ2) is 7.17. The standard InChI is InChI=1S/C15H19F2N3O/c1-11(2)19-9-12-4-3-5-13(8-12)21-10-14-18-6-7-20(14)15(16)17/h3-8,11,15,19H,9-10H2,1-2H3. The van der Waals surface area contributed by atoms with Gasteiger partial charge in [-0.2, -0.15) is 8.78 Å². The van der Waals surface area contributed by atoms with Gasteiger partial charge in [0, 0.05) is 25.0 Å². The number of nitrogens with one attached hydrogen (secondary N) is 1. The summed E-state index contributed by atoms with van der Waals surface area (Å²) in [5, 5.41) is 3.31. The fraction of sp³-hybridized carbons (Fsp3) is 0.400. The third kappa shape index (κ3) is 4.53. The molecule has 0 saturated heterocycles. The first kappa shape index (κ1) is 15.4. The summed E-state index contributed by atoms with van der Waals surface area (Å²) < 4.78 is 31.7. The number of nitrogens with zero attached hydrogens (tertiary/aromatic N) is 2. The van der Waals surface area contributed by atoms with E-state index in [2.05, 4.69) is 24.1 Å². The number of hydrogen-bond acceptors (Lipinski definition) is 3. The van der Waals surface area contributed by atoms with Crippen LogP contribution in [0.5, 0.6) is 5.75 Å². The van der Waals surface area contributed by atoms with Crippen LogP contribution in [0.4, 0.5) is 8.78 Å². The highest BCUT2D eigenvalue weighted by molar-refractivity contribution is 5.28. The van der Waals surface area contributed by atoms with Gasteiger partial charge >= 0.3 is 6.55 Å². The molecule has 0 radical (unpaired) electrons. The first-order valence-electron chi connectivity index (χ1n) is 6.81. The predicted octanol–water partition coefficient (Wildman–Crippen LogP) is 3.36. The lowest BCUT2D eigenvalue weighted by Crippen LogP contribution is -2.21. The Morgan fingerprint density at radius 2 is 2.14 bits per heavy atom. The molecule has 6 heteroatoms. The average molecular weight is 295 g/mol.